The van der Waals surface area contributed by atoms with Gasteiger partial charge in [-0.2, -0.15) is 0 Å². The SMILES string of the molecule is CCC(C)CN(C)c1ncnc(Cl)c1CO. The van der Waals surface area contributed by atoms with Gasteiger partial charge in [0.2, 0.25) is 0 Å². The van der Waals surface area contributed by atoms with Crippen molar-refractivity contribution in [1.29, 1.82) is 0 Å². The van der Waals surface area contributed by atoms with Gasteiger partial charge in [0.05, 0.1) is 12.2 Å². The zero-order chi connectivity index (χ0) is 12.1. The molecule has 0 radical (unpaired) electrons. The van der Waals surface area contributed by atoms with E-state index in [1.165, 1.54) is 6.33 Å². The molecule has 1 aromatic rings. The molecule has 0 aliphatic heterocycles. The summed E-state index contributed by atoms with van der Waals surface area (Å²) < 4.78 is 0. The highest BCUT2D eigenvalue weighted by molar-refractivity contribution is 6.30. The Balaban J connectivity index is 2.90. The van der Waals surface area contributed by atoms with E-state index in [9.17, 15) is 5.11 Å². The van der Waals surface area contributed by atoms with Gasteiger partial charge in [0, 0.05) is 13.6 Å². The molecule has 0 amide bonds. The molecule has 0 saturated carbocycles. The lowest BCUT2D eigenvalue weighted by atomic mass is 10.1. The van der Waals surface area contributed by atoms with E-state index in [1.54, 1.807) is 0 Å². The van der Waals surface area contributed by atoms with Gasteiger partial charge in [0.15, 0.2) is 0 Å². The minimum atomic E-state index is -0.139. The molecule has 1 aromatic heterocycles. The summed E-state index contributed by atoms with van der Waals surface area (Å²) in [6.07, 6.45) is 2.53. The van der Waals surface area contributed by atoms with Crippen LogP contribution in [0.15, 0.2) is 6.33 Å². The van der Waals surface area contributed by atoms with Crippen LogP contribution < -0.4 is 4.90 Å². The molecule has 0 spiro atoms. The highest BCUT2D eigenvalue weighted by Crippen LogP contribution is 2.23. The fraction of sp³-hybridized carbons (Fsp3) is 0.636. The van der Waals surface area contributed by atoms with Gasteiger partial charge >= 0.3 is 0 Å². The number of aliphatic hydroxyl groups is 1. The molecule has 0 aromatic carbocycles. The van der Waals surface area contributed by atoms with Gasteiger partial charge in [-0.25, -0.2) is 9.97 Å². The van der Waals surface area contributed by atoms with Crippen molar-refractivity contribution in [2.75, 3.05) is 18.5 Å². The van der Waals surface area contributed by atoms with Crippen molar-refractivity contribution in [1.82, 2.24) is 9.97 Å². The van der Waals surface area contributed by atoms with Crippen LogP contribution in [0.5, 0.6) is 0 Å². The molecule has 1 N–H and O–H groups in total. The summed E-state index contributed by atoms with van der Waals surface area (Å²) in [4.78, 5) is 10.0. The molecule has 0 aliphatic carbocycles. The first-order valence-electron chi connectivity index (χ1n) is 5.41. The third-order valence-electron chi connectivity index (χ3n) is 2.67. The maximum absolute atomic E-state index is 9.25. The molecule has 16 heavy (non-hydrogen) atoms. The molecule has 1 heterocycles. The predicted molar refractivity (Wildman–Crippen MR) is 65.7 cm³/mol. The second-order valence-corrected chi connectivity index (χ2v) is 4.38. The molecule has 0 aliphatic rings. The zero-order valence-corrected chi connectivity index (χ0v) is 10.7. The predicted octanol–water partition coefficient (Wildman–Crippen LogP) is 2.10. The lowest BCUT2D eigenvalue weighted by molar-refractivity contribution is 0.281. The summed E-state index contributed by atoms with van der Waals surface area (Å²) in [7, 11) is 1.95. The van der Waals surface area contributed by atoms with Crippen LogP contribution in [0.4, 0.5) is 5.82 Å². The minimum absolute atomic E-state index is 0.139. The van der Waals surface area contributed by atoms with Gasteiger partial charge in [0.25, 0.3) is 0 Å². The van der Waals surface area contributed by atoms with E-state index in [-0.39, 0.29) is 6.61 Å². The van der Waals surface area contributed by atoms with Crippen molar-refractivity contribution in [3.8, 4) is 0 Å². The van der Waals surface area contributed by atoms with E-state index in [0.29, 0.717) is 22.5 Å². The Morgan fingerprint density at radius 2 is 2.19 bits per heavy atom. The molecule has 0 saturated heterocycles. The van der Waals surface area contributed by atoms with Crippen molar-refractivity contribution in [3.63, 3.8) is 0 Å². The number of anilines is 1. The number of aromatic nitrogens is 2. The highest BCUT2D eigenvalue weighted by Gasteiger charge is 2.14. The molecular weight excluding hydrogens is 226 g/mol. The topological polar surface area (TPSA) is 49.2 Å². The van der Waals surface area contributed by atoms with Crippen molar-refractivity contribution >= 4 is 17.4 Å². The van der Waals surface area contributed by atoms with E-state index < -0.39 is 0 Å². The maximum atomic E-state index is 9.25. The number of hydrogen-bond acceptors (Lipinski definition) is 4. The summed E-state index contributed by atoms with van der Waals surface area (Å²) >= 11 is 5.91. The first kappa shape index (κ1) is 13.2. The van der Waals surface area contributed by atoms with Crippen LogP contribution in [0.3, 0.4) is 0 Å². The molecule has 4 nitrogen and oxygen atoms in total. The molecule has 90 valence electrons. The molecule has 1 rings (SSSR count). The van der Waals surface area contributed by atoms with E-state index in [2.05, 4.69) is 23.8 Å². The molecule has 0 fully saturated rings. The summed E-state index contributed by atoms with van der Waals surface area (Å²) in [6, 6.07) is 0. The van der Waals surface area contributed by atoms with Gasteiger partial charge in [-0.15, -0.1) is 0 Å². The first-order valence-corrected chi connectivity index (χ1v) is 5.79. The lowest BCUT2D eigenvalue weighted by Gasteiger charge is -2.23. The molecule has 1 atom stereocenters. The third kappa shape index (κ3) is 3.06. The van der Waals surface area contributed by atoms with Gasteiger partial charge in [-0.1, -0.05) is 31.9 Å². The summed E-state index contributed by atoms with van der Waals surface area (Å²) in [5.74, 6) is 1.29. The van der Waals surface area contributed by atoms with E-state index in [0.717, 1.165) is 13.0 Å². The van der Waals surface area contributed by atoms with Crippen LogP contribution in [0.25, 0.3) is 0 Å². The first-order chi connectivity index (χ1) is 7.60. The summed E-state index contributed by atoms with van der Waals surface area (Å²) in [6.45, 7) is 5.08. The summed E-state index contributed by atoms with van der Waals surface area (Å²) in [5.41, 5.74) is 0.593. The standard InChI is InChI=1S/C11H18ClN3O/c1-4-8(2)5-15(3)11-9(6-16)10(12)13-7-14-11/h7-8,16H,4-6H2,1-3H3. The average Bonchev–Trinajstić information content (AvgIpc) is 2.28. The lowest BCUT2D eigenvalue weighted by Crippen LogP contribution is -2.26. The molecule has 0 bridgehead atoms. The minimum Gasteiger partial charge on any atom is -0.391 e. The van der Waals surface area contributed by atoms with Crippen LogP contribution in [0.2, 0.25) is 5.15 Å². The van der Waals surface area contributed by atoms with E-state index in [1.807, 2.05) is 11.9 Å². The quantitative estimate of drug-likeness (QED) is 0.805. The van der Waals surface area contributed by atoms with Crippen LogP contribution in [0, 0.1) is 5.92 Å². The van der Waals surface area contributed by atoms with Crippen LogP contribution >= 0.6 is 11.6 Å². The fourth-order valence-corrected chi connectivity index (χ4v) is 1.72. The zero-order valence-electron chi connectivity index (χ0n) is 9.94. The van der Waals surface area contributed by atoms with E-state index in [4.69, 9.17) is 11.6 Å². The van der Waals surface area contributed by atoms with Crippen LogP contribution in [-0.4, -0.2) is 28.7 Å². The Bertz CT molecular complexity index is 346. The number of aliphatic hydroxyl groups excluding tert-OH is 1. The van der Waals surface area contributed by atoms with Gasteiger partial charge in [-0.3, -0.25) is 0 Å². The molecular formula is C11H18ClN3O. The highest BCUT2D eigenvalue weighted by atomic mass is 35.5. The average molecular weight is 244 g/mol. The second-order valence-electron chi connectivity index (χ2n) is 4.02. The Kier molecular flexibility index (Phi) is 4.96. The van der Waals surface area contributed by atoms with Gasteiger partial charge in [0.1, 0.15) is 17.3 Å². The Labute approximate surface area is 101 Å². The number of hydrogen-bond donors (Lipinski definition) is 1. The molecule has 5 heteroatoms. The monoisotopic (exact) mass is 243 g/mol. The number of halogens is 1. The van der Waals surface area contributed by atoms with E-state index >= 15 is 0 Å². The third-order valence-corrected chi connectivity index (χ3v) is 3.00. The van der Waals surface area contributed by atoms with Crippen molar-refractivity contribution in [2.45, 2.75) is 26.9 Å². The number of rotatable bonds is 5. The smallest absolute Gasteiger partial charge is 0.140 e. The van der Waals surface area contributed by atoms with Crippen molar-refractivity contribution in [3.05, 3.63) is 17.0 Å². The Morgan fingerprint density at radius 3 is 2.75 bits per heavy atom. The number of nitrogens with zero attached hydrogens (tertiary/aromatic N) is 3. The van der Waals surface area contributed by atoms with Gasteiger partial charge < -0.3 is 10.0 Å². The fourth-order valence-electron chi connectivity index (χ4n) is 1.53. The Morgan fingerprint density at radius 1 is 1.50 bits per heavy atom. The Hall–Kier alpha value is -0.870. The van der Waals surface area contributed by atoms with Gasteiger partial charge in [-0.05, 0) is 5.92 Å². The molecule has 1 unspecified atom stereocenters. The van der Waals surface area contributed by atoms with Crippen molar-refractivity contribution in [2.24, 2.45) is 5.92 Å². The summed E-state index contributed by atoms with van der Waals surface area (Å²) in [5, 5.41) is 9.57. The second kappa shape index (κ2) is 6.01. The van der Waals surface area contributed by atoms with Crippen molar-refractivity contribution < 1.29 is 5.11 Å². The van der Waals surface area contributed by atoms with Crippen LogP contribution in [-0.2, 0) is 6.61 Å². The normalized spacial score (nSPS) is 12.6. The largest absolute Gasteiger partial charge is 0.391 e. The maximum Gasteiger partial charge on any atom is 0.140 e. The van der Waals surface area contributed by atoms with Crippen LogP contribution in [0.1, 0.15) is 25.8 Å².